The highest BCUT2D eigenvalue weighted by Gasteiger charge is 2.51. The maximum Gasteiger partial charge on any atom is 0.494 e. The van der Waals surface area contributed by atoms with Gasteiger partial charge in [0, 0.05) is 10.9 Å². The van der Waals surface area contributed by atoms with Crippen molar-refractivity contribution in [2.45, 2.75) is 38.9 Å². The average molecular weight is 372 g/mol. The smallest absolute Gasteiger partial charge is 0.452 e. The fourth-order valence-electron chi connectivity index (χ4n) is 3.51. The zero-order valence-corrected chi connectivity index (χ0v) is 16.4. The molecular formula is C22H21BN2O3. The van der Waals surface area contributed by atoms with Gasteiger partial charge in [0.2, 0.25) is 0 Å². The van der Waals surface area contributed by atoms with Crippen molar-refractivity contribution in [2.75, 3.05) is 0 Å². The van der Waals surface area contributed by atoms with Gasteiger partial charge in [-0.15, -0.1) is 0 Å². The molecule has 5 nitrogen and oxygen atoms in total. The van der Waals surface area contributed by atoms with E-state index >= 15 is 0 Å². The fourth-order valence-corrected chi connectivity index (χ4v) is 3.51. The molecule has 1 saturated heterocycles. The number of fused-ring (bicyclic) bond motifs is 3. The number of nitrogens with zero attached hydrogens (tertiary/aromatic N) is 2. The summed E-state index contributed by atoms with van der Waals surface area (Å²) in [5, 5.41) is 0.995. The van der Waals surface area contributed by atoms with Gasteiger partial charge in [0.25, 0.3) is 0 Å². The van der Waals surface area contributed by atoms with Crippen molar-refractivity contribution in [1.29, 1.82) is 0 Å². The van der Waals surface area contributed by atoms with E-state index in [2.05, 4.69) is 37.7 Å². The monoisotopic (exact) mass is 372 g/mol. The maximum absolute atomic E-state index is 6.14. The first-order valence-electron chi connectivity index (χ1n) is 9.44. The lowest BCUT2D eigenvalue weighted by molar-refractivity contribution is 0.00578. The molecule has 0 bridgehead atoms. The number of benzene rings is 2. The standard InChI is InChI=1S/C22H21BN2O3/c1-21(2)22(3,4)28-23(27-21)15-11-9-14(10-12-15)18-20-19(25-13-24-18)16-7-5-6-8-17(16)26-20/h5-13H,1-4H3. The quantitative estimate of drug-likeness (QED) is 0.490. The molecule has 0 aliphatic carbocycles. The van der Waals surface area contributed by atoms with E-state index < -0.39 is 0 Å². The van der Waals surface area contributed by atoms with E-state index in [1.54, 1.807) is 6.33 Å². The summed E-state index contributed by atoms with van der Waals surface area (Å²) < 4.78 is 18.3. The Balaban J connectivity index is 1.53. The fraction of sp³-hybridized carbons (Fsp3) is 0.273. The van der Waals surface area contributed by atoms with Gasteiger partial charge in [0.15, 0.2) is 5.58 Å². The summed E-state index contributed by atoms with van der Waals surface area (Å²) in [7, 11) is -0.379. The van der Waals surface area contributed by atoms with Gasteiger partial charge in [-0.05, 0) is 45.3 Å². The SMILES string of the molecule is CC1(C)OB(c2ccc(-c3ncnc4c3oc3ccccc34)cc2)OC1(C)C. The zero-order valence-electron chi connectivity index (χ0n) is 16.4. The van der Waals surface area contributed by atoms with Gasteiger partial charge in [0.05, 0.1) is 11.2 Å². The van der Waals surface area contributed by atoms with E-state index in [0.29, 0.717) is 5.58 Å². The van der Waals surface area contributed by atoms with Crippen LogP contribution >= 0.6 is 0 Å². The van der Waals surface area contributed by atoms with Crippen molar-refractivity contribution < 1.29 is 13.7 Å². The largest absolute Gasteiger partial charge is 0.494 e. The van der Waals surface area contributed by atoms with Gasteiger partial charge in [-0.1, -0.05) is 36.4 Å². The molecule has 0 amide bonds. The Bertz CT molecular complexity index is 1170. The number of rotatable bonds is 2. The highest BCUT2D eigenvalue weighted by atomic mass is 16.7. The van der Waals surface area contributed by atoms with Crippen molar-refractivity contribution in [3.63, 3.8) is 0 Å². The second-order valence-corrected chi connectivity index (χ2v) is 8.21. The molecule has 5 rings (SSSR count). The van der Waals surface area contributed by atoms with E-state index in [9.17, 15) is 0 Å². The molecule has 1 fully saturated rings. The Kier molecular flexibility index (Phi) is 3.67. The number of furan rings is 1. The lowest BCUT2D eigenvalue weighted by Crippen LogP contribution is -2.41. The van der Waals surface area contributed by atoms with Crippen LogP contribution < -0.4 is 5.46 Å². The molecule has 2 aromatic heterocycles. The summed E-state index contributed by atoms with van der Waals surface area (Å²) in [6.45, 7) is 8.22. The van der Waals surface area contributed by atoms with Crippen LogP contribution in [-0.4, -0.2) is 28.3 Å². The summed E-state index contributed by atoms with van der Waals surface area (Å²) in [5.41, 5.74) is 4.36. The summed E-state index contributed by atoms with van der Waals surface area (Å²) >= 11 is 0. The minimum absolute atomic E-state index is 0.358. The second kappa shape index (κ2) is 5.90. The Morgan fingerprint density at radius 1 is 0.821 bits per heavy atom. The van der Waals surface area contributed by atoms with Crippen molar-refractivity contribution in [3.05, 3.63) is 54.9 Å². The summed E-state index contributed by atoms with van der Waals surface area (Å²) in [6.07, 6.45) is 1.59. The molecule has 28 heavy (non-hydrogen) atoms. The Morgan fingerprint density at radius 3 is 2.21 bits per heavy atom. The molecule has 2 aromatic carbocycles. The molecular weight excluding hydrogens is 351 g/mol. The predicted octanol–water partition coefficient (Wildman–Crippen LogP) is 4.34. The number of hydrogen-bond donors (Lipinski definition) is 0. The van der Waals surface area contributed by atoms with Gasteiger partial charge in [-0.25, -0.2) is 9.97 Å². The first-order valence-corrected chi connectivity index (χ1v) is 9.44. The molecule has 6 heteroatoms. The van der Waals surface area contributed by atoms with Crippen LogP contribution in [0.5, 0.6) is 0 Å². The third kappa shape index (κ3) is 2.56. The Hall–Kier alpha value is -2.70. The van der Waals surface area contributed by atoms with Gasteiger partial charge < -0.3 is 13.7 Å². The molecule has 0 radical (unpaired) electrons. The molecule has 3 heterocycles. The van der Waals surface area contributed by atoms with Crippen molar-refractivity contribution in [2.24, 2.45) is 0 Å². The third-order valence-corrected chi connectivity index (χ3v) is 5.87. The Morgan fingerprint density at radius 2 is 1.50 bits per heavy atom. The number of para-hydroxylation sites is 1. The molecule has 0 spiro atoms. The number of hydrogen-bond acceptors (Lipinski definition) is 5. The van der Waals surface area contributed by atoms with Crippen LogP contribution in [0.2, 0.25) is 0 Å². The van der Waals surface area contributed by atoms with Crippen molar-refractivity contribution in [3.8, 4) is 11.3 Å². The highest BCUT2D eigenvalue weighted by Crippen LogP contribution is 2.37. The lowest BCUT2D eigenvalue weighted by Gasteiger charge is -2.32. The predicted molar refractivity (Wildman–Crippen MR) is 110 cm³/mol. The van der Waals surface area contributed by atoms with Gasteiger partial charge >= 0.3 is 7.12 Å². The van der Waals surface area contributed by atoms with Crippen LogP contribution in [-0.2, 0) is 9.31 Å². The van der Waals surface area contributed by atoms with Crippen LogP contribution in [0.25, 0.3) is 33.3 Å². The molecule has 0 atom stereocenters. The van der Waals surface area contributed by atoms with Crippen LogP contribution in [0, 0.1) is 0 Å². The molecule has 0 unspecified atom stereocenters. The van der Waals surface area contributed by atoms with Gasteiger partial charge in [0.1, 0.15) is 23.1 Å². The van der Waals surface area contributed by atoms with Crippen molar-refractivity contribution >= 4 is 34.7 Å². The maximum atomic E-state index is 6.14. The van der Waals surface area contributed by atoms with Crippen LogP contribution in [0.3, 0.4) is 0 Å². The second-order valence-electron chi connectivity index (χ2n) is 8.21. The number of aromatic nitrogens is 2. The topological polar surface area (TPSA) is 57.4 Å². The molecule has 140 valence electrons. The van der Waals surface area contributed by atoms with Crippen molar-refractivity contribution in [1.82, 2.24) is 9.97 Å². The summed E-state index contributed by atoms with van der Waals surface area (Å²) in [5.74, 6) is 0. The normalized spacial score (nSPS) is 18.2. The first kappa shape index (κ1) is 17.4. The third-order valence-electron chi connectivity index (χ3n) is 5.87. The van der Waals surface area contributed by atoms with Crippen LogP contribution in [0.4, 0.5) is 0 Å². The van der Waals surface area contributed by atoms with Gasteiger partial charge in [-0.2, -0.15) is 0 Å². The first-order chi connectivity index (χ1) is 13.4. The van der Waals surface area contributed by atoms with E-state index in [1.165, 1.54) is 0 Å². The Labute approximate surface area is 163 Å². The molecule has 0 N–H and O–H groups in total. The van der Waals surface area contributed by atoms with E-state index in [-0.39, 0.29) is 18.3 Å². The van der Waals surface area contributed by atoms with Gasteiger partial charge in [-0.3, -0.25) is 0 Å². The van der Waals surface area contributed by atoms with Crippen LogP contribution in [0.15, 0.2) is 59.3 Å². The van der Waals surface area contributed by atoms with E-state index in [0.717, 1.165) is 33.2 Å². The molecule has 1 aliphatic rings. The molecule has 0 saturated carbocycles. The lowest BCUT2D eigenvalue weighted by atomic mass is 9.79. The minimum atomic E-state index is -0.379. The molecule has 4 aromatic rings. The summed E-state index contributed by atoms with van der Waals surface area (Å²) in [6, 6.07) is 16.0. The van der Waals surface area contributed by atoms with E-state index in [1.807, 2.05) is 48.5 Å². The molecule has 1 aliphatic heterocycles. The average Bonchev–Trinajstić information content (AvgIpc) is 3.15. The van der Waals surface area contributed by atoms with Crippen LogP contribution in [0.1, 0.15) is 27.7 Å². The minimum Gasteiger partial charge on any atom is -0.452 e. The zero-order chi connectivity index (χ0) is 19.5. The summed E-state index contributed by atoms with van der Waals surface area (Å²) in [4.78, 5) is 8.90. The highest BCUT2D eigenvalue weighted by molar-refractivity contribution is 6.62. The van der Waals surface area contributed by atoms with E-state index in [4.69, 9.17) is 13.7 Å².